The minimum Gasteiger partial charge on any atom is -0.357 e. The molecular formula is C16H29N5O. The van der Waals surface area contributed by atoms with Crippen molar-refractivity contribution < 1.29 is 4.52 Å². The zero-order valence-corrected chi connectivity index (χ0v) is 14.1. The molecule has 22 heavy (non-hydrogen) atoms. The third-order valence-corrected chi connectivity index (χ3v) is 4.53. The number of hydrogen-bond acceptors (Lipinski definition) is 4. The second-order valence-electron chi connectivity index (χ2n) is 6.17. The Labute approximate surface area is 133 Å². The minimum atomic E-state index is 0.423. The summed E-state index contributed by atoms with van der Waals surface area (Å²) < 4.78 is 5.12. The molecule has 1 heterocycles. The van der Waals surface area contributed by atoms with Crippen LogP contribution in [0.5, 0.6) is 0 Å². The molecule has 1 aliphatic carbocycles. The maximum Gasteiger partial charge on any atom is 0.228 e. The van der Waals surface area contributed by atoms with Crippen LogP contribution in [0, 0.1) is 12.3 Å². The Bertz CT molecular complexity index is 477. The van der Waals surface area contributed by atoms with Crippen molar-refractivity contribution >= 4 is 5.96 Å². The van der Waals surface area contributed by atoms with E-state index < -0.39 is 0 Å². The van der Waals surface area contributed by atoms with E-state index >= 15 is 0 Å². The van der Waals surface area contributed by atoms with Gasteiger partial charge in [-0.05, 0) is 38.5 Å². The van der Waals surface area contributed by atoms with E-state index in [1.54, 1.807) is 0 Å². The lowest BCUT2D eigenvalue weighted by molar-refractivity contribution is 0.297. The van der Waals surface area contributed by atoms with Gasteiger partial charge in [-0.1, -0.05) is 24.9 Å². The van der Waals surface area contributed by atoms with Crippen molar-refractivity contribution in [3.8, 4) is 0 Å². The normalized spacial score (nSPS) is 17.7. The van der Waals surface area contributed by atoms with Gasteiger partial charge < -0.3 is 15.2 Å². The number of hydrogen-bond donors (Lipinski definition) is 2. The number of aryl methyl sites for hydroxylation is 1. The molecule has 1 aliphatic rings. The quantitative estimate of drug-likeness (QED) is 0.598. The summed E-state index contributed by atoms with van der Waals surface area (Å²) in [7, 11) is 0. The van der Waals surface area contributed by atoms with Gasteiger partial charge in [-0.15, -0.1) is 0 Å². The SMILES string of the molecule is CCNC(=NCC1(CC)CCCC1)NCCc1nc(C)no1. The van der Waals surface area contributed by atoms with E-state index in [1.165, 1.54) is 32.1 Å². The molecule has 6 heteroatoms. The van der Waals surface area contributed by atoms with Gasteiger partial charge >= 0.3 is 0 Å². The topological polar surface area (TPSA) is 75.3 Å². The highest BCUT2D eigenvalue weighted by Crippen LogP contribution is 2.41. The molecule has 0 bridgehead atoms. The van der Waals surface area contributed by atoms with Gasteiger partial charge in [0, 0.05) is 26.1 Å². The molecule has 1 fully saturated rings. The van der Waals surface area contributed by atoms with Crippen LogP contribution in [-0.4, -0.2) is 35.7 Å². The molecule has 2 N–H and O–H groups in total. The molecule has 124 valence electrons. The Balaban J connectivity index is 1.84. The van der Waals surface area contributed by atoms with E-state index in [9.17, 15) is 0 Å². The third kappa shape index (κ3) is 4.71. The Kier molecular flexibility index (Phi) is 6.21. The predicted octanol–water partition coefficient (Wildman–Crippen LogP) is 2.45. The summed E-state index contributed by atoms with van der Waals surface area (Å²) in [6.45, 7) is 8.73. The molecule has 1 aromatic rings. The summed E-state index contributed by atoms with van der Waals surface area (Å²) in [6, 6.07) is 0. The van der Waals surface area contributed by atoms with Crippen LogP contribution in [0.1, 0.15) is 57.7 Å². The average molecular weight is 307 g/mol. The molecule has 6 nitrogen and oxygen atoms in total. The van der Waals surface area contributed by atoms with Gasteiger partial charge in [0.15, 0.2) is 11.8 Å². The Morgan fingerprint density at radius 2 is 2.05 bits per heavy atom. The van der Waals surface area contributed by atoms with Gasteiger partial charge in [-0.3, -0.25) is 4.99 Å². The summed E-state index contributed by atoms with van der Waals surface area (Å²) >= 11 is 0. The van der Waals surface area contributed by atoms with Gasteiger partial charge in [0.2, 0.25) is 5.89 Å². The molecule has 1 aromatic heterocycles. The molecule has 0 saturated heterocycles. The fraction of sp³-hybridized carbons (Fsp3) is 0.812. The maximum atomic E-state index is 5.12. The third-order valence-electron chi connectivity index (χ3n) is 4.53. The molecule has 0 aliphatic heterocycles. The Morgan fingerprint density at radius 3 is 2.64 bits per heavy atom. The highest BCUT2D eigenvalue weighted by atomic mass is 16.5. The zero-order valence-electron chi connectivity index (χ0n) is 14.1. The maximum absolute atomic E-state index is 5.12. The van der Waals surface area contributed by atoms with Crippen LogP contribution in [-0.2, 0) is 6.42 Å². The van der Waals surface area contributed by atoms with Gasteiger partial charge in [0.1, 0.15) is 0 Å². The van der Waals surface area contributed by atoms with Crippen molar-refractivity contribution in [1.82, 2.24) is 20.8 Å². The standard InChI is InChI=1S/C16H29N5O/c1-4-16(9-6-7-10-16)12-19-15(17-5-2)18-11-8-14-20-13(3)21-22-14/h4-12H2,1-3H3,(H2,17,18,19). The fourth-order valence-electron chi connectivity index (χ4n) is 3.07. The molecule has 0 amide bonds. The van der Waals surface area contributed by atoms with Crippen LogP contribution in [0.2, 0.25) is 0 Å². The number of nitrogens with zero attached hydrogens (tertiary/aromatic N) is 3. The molecule has 0 radical (unpaired) electrons. The van der Waals surface area contributed by atoms with Gasteiger partial charge in [-0.2, -0.15) is 4.98 Å². The minimum absolute atomic E-state index is 0.423. The van der Waals surface area contributed by atoms with Crippen molar-refractivity contribution in [3.63, 3.8) is 0 Å². The average Bonchev–Trinajstić information content (AvgIpc) is 3.15. The molecule has 0 aromatic carbocycles. The number of aromatic nitrogens is 2. The molecular weight excluding hydrogens is 278 g/mol. The van der Waals surface area contributed by atoms with E-state index in [4.69, 9.17) is 9.52 Å². The van der Waals surface area contributed by atoms with Crippen LogP contribution < -0.4 is 10.6 Å². The van der Waals surface area contributed by atoms with Gasteiger partial charge in [0.05, 0.1) is 0 Å². The lowest BCUT2D eigenvalue weighted by atomic mass is 9.84. The fourth-order valence-corrected chi connectivity index (χ4v) is 3.07. The van der Waals surface area contributed by atoms with Crippen LogP contribution in [0.25, 0.3) is 0 Å². The van der Waals surface area contributed by atoms with Crippen molar-refractivity contribution in [2.24, 2.45) is 10.4 Å². The molecule has 1 saturated carbocycles. The Hall–Kier alpha value is -1.59. The lowest BCUT2D eigenvalue weighted by Gasteiger charge is -2.25. The number of aliphatic imine (C=N–C) groups is 1. The van der Waals surface area contributed by atoms with E-state index in [2.05, 4.69) is 34.6 Å². The molecule has 0 spiro atoms. The van der Waals surface area contributed by atoms with E-state index in [0.29, 0.717) is 23.6 Å². The summed E-state index contributed by atoms with van der Waals surface area (Å²) in [5, 5.41) is 10.5. The number of nitrogens with one attached hydrogen (secondary N) is 2. The van der Waals surface area contributed by atoms with E-state index in [1.807, 2.05) is 6.92 Å². The van der Waals surface area contributed by atoms with Gasteiger partial charge in [0.25, 0.3) is 0 Å². The Morgan fingerprint density at radius 1 is 1.27 bits per heavy atom. The second kappa shape index (κ2) is 8.15. The zero-order chi connectivity index (χ0) is 15.8. The second-order valence-corrected chi connectivity index (χ2v) is 6.17. The molecule has 0 unspecified atom stereocenters. The van der Waals surface area contributed by atoms with Crippen LogP contribution in [0.3, 0.4) is 0 Å². The van der Waals surface area contributed by atoms with E-state index in [-0.39, 0.29) is 0 Å². The van der Waals surface area contributed by atoms with Crippen molar-refractivity contribution in [3.05, 3.63) is 11.7 Å². The first-order valence-corrected chi connectivity index (χ1v) is 8.49. The molecule has 2 rings (SSSR count). The smallest absolute Gasteiger partial charge is 0.228 e. The summed E-state index contributed by atoms with van der Waals surface area (Å²) in [4.78, 5) is 9.01. The largest absolute Gasteiger partial charge is 0.357 e. The predicted molar refractivity (Wildman–Crippen MR) is 87.9 cm³/mol. The van der Waals surface area contributed by atoms with E-state index in [0.717, 1.165) is 25.6 Å². The van der Waals surface area contributed by atoms with Crippen molar-refractivity contribution in [2.75, 3.05) is 19.6 Å². The lowest BCUT2D eigenvalue weighted by Crippen LogP contribution is -2.39. The van der Waals surface area contributed by atoms with Crippen molar-refractivity contribution in [2.45, 2.75) is 59.3 Å². The number of rotatable bonds is 7. The first-order valence-electron chi connectivity index (χ1n) is 8.49. The molecule has 0 atom stereocenters. The highest BCUT2D eigenvalue weighted by molar-refractivity contribution is 5.79. The van der Waals surface area contributed by atoms with Gasteiger partial charge in [-0.25, -0.2) is 0 Å². The monoisotopic (exact) mass is 307 g/mol. The van der Waals surface area contributed by atoms with Crippen LogP contribution in [0.4, 0.5) is 0 Å². The summed E-state index contributed by atoms with van der Waals surface area (Å²) in [6.07, 6.45) is 7.26. The highest BCUT2D eigenvalue weighted by Gasteiger charge is 2.31. The van der Waals surface area contributed by atoms with Crippen molar-refractivity contribution in [1.29, 1.82) is 0 Å². The first-order chi connectivity index (χ1) is 10.7. The summed E-state index contributed by atoms with van der Waals surface area (Å²) in [5.74, 6) is 2.24. The van der Waals surface area contributed by atoms with Crippen LogP contribution in [0.15, 0.2) is 9.52 Å². The summed E-state index contributed by atoms with van der Waals surface area (Å²) in [5.41, 5.74) is 0.423. The first kappa shape index (κ1) is 16.8. The number of guanidine groups is 1. The van der Waals surface area contributed by atoms with Crippen LogP contribution >= 0.6 is 0 Å².